The van der Waals surface area contributed by atoms with Crippen molar-refractivity contribution in [1.29, 1.82) is 5.26 Å². The molecule has 2 aromatic rings. The molecule has 0 bridgehead atoms. The van der Waals surface area contributed by atoms with Crippen LogP contribution in [0.1, 0.15) is 63.2 Å². The van der Waals surface area contributed by atoms with E-state index in [2.05, 4.69) is 28.9 Å². The van der Waals surface area contributed by atoms with Gasteiger partial charge in [-0.2, -0.15) is 5.26 Å². The molecule has 1 aliphatic carbocycles. The Morgan fingerprint density at radius 2 is 1.92 bits per heavy atom. The maximum atomic E-state index is 13.4. The Labute approximate surface area is 216 Å². The van der Waals surface area contributed by atoms with E-state index in [0.717, 1.165) is 32.1 Å². The van der Waals surface area contributed by atoms with Gasteiger partial charge in [-0.25, -0.2) is 0 Å². The van der Waals surface area contributed by atoms with Crippen LogP contribution in [0.4, 0.5) is 5.69 Å². The largest absolute Gasteiger partial charge is 0.468 e. The second-order valence-corrected chi connectivity index (χ2v) is 10.1. The Bertz CT molecular complexity index is 1190. The molecule has 1 saturated carbocycles. The lowest BCUT2D eigenvalue weighted by Gasteiger charge is -2.28. The van der Waals surface area contributed by atoms with Crippen LogP contribution in [-0.4, -0.2) is 23.6 Å². The summed E-state index contributed by atoms with van der Waals surface area (Å²) < 4.78 is 5.67. The van der Waals surface area contributed by atoms with Crippen molar-refractivity contribution in [2.75, 3.05) is 11.1 Å². The molecule has 2 amide bonds. The van der Waals surface area contributed by atoms with Crippen LogP contribution in [0.15, 0.2) is 69.0 Å². The second-order valence-electron chi connectivity index (χ2n) is 9.16. The molecule has 0 saturated heterocycles. The fourth-order valence-corrected chi connectivity index (χ4v) is 5.65. The zero-order valence-corrected chi connectivity index (χ0v) is 21.5. The predicted octanol–water partition coefficient (Wildman–Crippen LogP) is 5.36. The molecular weight excluding hydrogens is 472 g/mol. The SMILES string of the molecule is CCc1ccc(NC(=O)C2=C(C)NC(SCC(=O)NC3CCCCC3)=C(C#N)[C@@H]2c2ccco2)cc1. The van der Waals surface area contributed by atoms with Gasteiger partial charge in [-0.1, -0.05) is 50.1 Å². The first-order valence-corrected chi connectivity index (χ1v) is 13.5. The molecule has 4 rings (SSSR count). The average Bonchev–Trinajstić information content (AvgIpc) is 3.42. The summed E-state index contributed by atoms with van der Waals surface area (Å²) in [5.41, 5.74) is 3.25. The minimum absolute atomic E-state index is 0.0475. The van der Waals surface area contributed by atoms with Gasteiger partial charge in [0.1, 0.15) is 5.76 Å². The number of hydrogen-bond acceptors (Lipinski definition) is 6. The zero-order valence-electron chi connectivity index (χ0n) is 20.7. The van der Waals surface area contributed by atoms with Crippen LogP contribution in [0, 0.1) is 11.3 Å². The maximum absolute atomic E-state index is 13.4. The number of furan rings is 1. The monoisotopic (exact) mass is 504 g/mol. The first kappa shape index (κ1) is 25.6. The van der Waals surface area contributed by atoms with Crippen LogP contribution >= 0.6 is 11.8 Å². The van der Waals surface area contributed by atoms with Gasteiger partial charge in [-0.15, -0.1) is 0 Å². The topological polar surface area (TPSA) is 107 Å². The minimum Gasteiger partial charge on any atom is -0.468 e. The standard InChI is InChI=1S/C28H32N4O3S/c1-3-19-11-13-21(14-12-19)32-27(34)25-18(2)30-28(22(16-29)26(25)23-10-7-15-35-23)36-17-24(33)31-20-8-5-4-6-9-20/h7,10-15,20,26,30H,3-6,8-9,17H2,1-2H3,(H,31,33)(H,32,34)/t26-/m1/s1. The van der Waals surface area contributed by atoms with Crippen LogP contribution in [0.25, 0.3) is 0 Å². The summed E-state index contributed by atoms with van der Waals surface area (Å²) in [6.45, 7) is 3.89. The molecule has 0 spiro atoms. The van der Waals surface area contributed by atoms with Crippen molar-refractivity contribution in [2.24, 2.45) is 0 Å². The van der Waals surface area contributed by atoms with Crippen LogP contribution in [0.3, 0.4) is 0 Å². The van der Waals surface area contributed by atoms with Crippen molar-refractivity contribution in [1.82, 2.24) is 10.6 Å². The lowest BCUT2D eigenvalue weighted by atomic mass is 9.85. The summed E-state index contributed by atoms with van der Waals surface area (Å²) >= 11 is 1.28. The number of nitrogens with zero attached hydrogens (tertiary/aromatic N) is 1. The number of rotatable bonds is 8. The Morgan fingerprint density at radius 1 is 1.17 bits per heavy atom. The van der Waals surface area contributed by atoms with E-state index in [1.165, 1.54) is 30.0 Å². The average molecular weight is 505 g/mol. The Morgan fingerprint density at radius 3 is 2.56 bits per heavy atom. The van der Waals surface area contributed by atoms with Crippen molar-refractivity contribution in [3.63, 3.8) is 0 Å². The third-order valence-corrected chi connectivity index (χ3v) is 7.67. The molecule has 1 atom stereocenters. The number of benzene rings is 1. The first-order chi connectivity index (χ1) is 17.5. The van der Waals surface area contributed by atoms with Crippen molar-refractivity contribution in [2.45, 2.75) is 64.3 Å². The Balaban J connectivity index is 1.54. The van der Waals surface area contributed by atoms with E-state index in [9.17, 15) is 14.9 Å². The number of dihydropyridines is 1. The van der Waals surface area contributed by atoms with Crippen LogP contribution in [0.5, 0.6) is 0 Å². The zero-order chi connectivity index (χ0) is 25.5. The number of carbonyl (C=O) groups is 2. The number of nitriles is 1. The second kappa shape index (κ2) is 12.0. The lowest BCUT2D eigenvalue weighted by Crippen LogP contribution is -2.37. The van der Waals surface area contributed by atoms with E-state index in [-0.39, 0.29) is 23.6 Å². The number of aryl methyl sites for hydroxylation is 1. The number of hydrogen-bond donors (Lipinski definition) is 3. The third kappa shape index (κ3) is 6.03. The van der Waals surface area contributed by atoms with Crippen LogP contribution in [-0.2, 0) is 16.0 Å². The van der Waals surface area contributed by atoms with Gasteiger partial charge in [0.05, 0.1) is 40.2 Å². The lowest BCUT2D eigenvalue weighted by molar-refractivity contribution is -0.119. The molecular formula is C28H32N4O3S. The smallest absolute Gasteiger partial charge is 0.254 e. The van der Waals surface area contributed by atoms with Gasteiger partial charge in [0.2, 0.25) is 5.91 Å². The molecule has 0 radical (unpaired) electrons. The third-order valence-electron chi connectivity index (χ3n) is 6.66. The van der Waals surface area contributed by atoms with Gasteiger partial charge in [0.15, 0.2) is 0 Å². The van der Waals surface area contributed by atoms with E-state index in [1.807, 2.05) is 31.2 Å². The fraction of sp³-hybridized carbons (Fsp3) is 0.393. The predicted molar refractivity (Wildman–Crippen MR) is 142 cm³/mol. The van der Waals surface area contributed by atoms with Crippen LogP contribution in [0.2, 0.25) is 0 Å². The van der Waals surface area contributed by atoms with Gasteiger partial charge in [0.25, 0.3) is 5.91 Å². The molecule has 1 fully saturated rings. The van der Waals surface area contributed by atoms with E-state index < -0.39 is 5.92 Å². The summed E-state index contributed by atoms with van der Waals surface area (Å²) in [6, 6.07) is 13.7. The number of anilines is 1. The molecule has 2 heterocycles. The Hall–Kier alpha value is -3.44. The molecule has 7 nitrogen and oxygen atoms in total. The molecule has 1 aliphatic heterocycles. The van der Waals surface area contributed by atoms with E-state index in [0.29, 0.717) is 33.3 Å². The van der Waals surface area contributed by atoms with Crippen LogP contribution < -0.4 is 16.0 Å². The highest BCUT2D eigenvalue weighted by Gasteiger charge is 2.36. The molecule has 1 aromatic carbocycles. The maximum Gasteiger partial charge on any atom is 0.254 e. The summed E-state index contributed by atoms with van der Waals surface area (Å²) in [4.78, 5) is 26.0. The Kier molecular flexibility index (Phi) is 8.55. The van der Waals surface area contributed by atoms with E-state index in [4.69, 9.17) is 4.42 Å². The summed E-state index contributed by atoms with van der Waals surface area (Å²) in [5.74, 6) is -0.340. The first-order valence-electron chi connectivity index (χ1n) is 12.5. The fourth-order valence-electron chi connectivity index (χ4n) is 4.74. The van der Waals surface area contributed by atoms with E-state index >= 15 is 0 Å². The molecule has 36 heavy (non-hydrogen) atoms. The molecule has 188 valence electrons. The summed E-state index contributed by atoms with van der Waals surface area (Å²) in [6.07, 6.45) is 8.00. The van der Waals surface area contributed by atoms with Crippen molar-refractivity contribution < 1.29 is 14.0 Å². The summed E-state index contributed by atoms with van der Waals surface area (Å²) in [5, 5.41) is 20.0. The number of carbonyl (C=O) groups excluding carboxylic acids is 2. The quantitative estimate of drug-likeness (QED) is 0.447. The van der Waals surface area contributed by atoms with Gasteiger partial charge >= 0.3 is 0 Å². The minimum atomic E-state index is -0.676. The van der Waals surface area contributed by atoms with Crippen molar-refractivity contribution >= 4 is 29.3 Å². The van der Waals surface area contributed by atoms with Gasteiger partial charge in [-0.3, -0.25) is 9.59 Å². The number of amides is 2. The number of thioether (sulfide) groups is 1. The highest BCUT2D eigenvalue weighted by atomic mass is 32.2. The van der Waals surface area contributed by atoms with Gasteiger partial charge in [-0.05, 0) is 56.0 Å². The highest BCUT2D eigenvalue weighted by molar-refractivity contribution is 8.03. The van der Waals surface area contributed by atoms with Gasteiger partial charge in [0, 0.05) is 17.4 Å². The number of allylic oxidation sites excluding steroid dienone is 2. The van der Waals surface area contributed by atoms with E-state index in [1.54, 1.807) is 12.1 Å². The molecule has 0 unspecified atom stereocenters. The normalized spacial score (nSPS) is 18.4. The molecule has 3 N–H and O–H groups in total. The molecule has 2 aliphatic rings. The number of nitrogens with one attached hydrogen (secondary N) is 3. The van der Waals surface area contributed by atoms with Crippen molar-refractivity contribution in [3.8, 4) is 6.07 Å². The highest BCUT2D eigenvalue weighted by Crippen LogP contribution is 2.41. The van der Waals surface area contributed by atoms with Crippen molar-refractivity contribution in [3.05, 3.63) is 75.9 Å². The van der Waals surface area contributed by atoms with Gasteiger partial charge < -0.3 is 20.4 Å². The molecule has 8 heteroatoms. The summed E-state index contributed by atoms with van der Waals surface area (Å²) in [7, 11) is 0. The molecule has 1 aromatic heterocycles.